The summed E-state index contributed by atoms with van der Waals surface area (Å²) in [7, 11) is 0. The predicted molar refractivity (Wildman–Crippen MR) is 78.5 cm³/mol. The number of benzene rings is 1. The molecule has 5 heteroatoms. The Hall–Kier alpha value is -2.43. The molecule has 0 bridgehead atoms. The van der Waals surface area contributed by atoms with Gasteiger partial charge in [-0.2, -0.15) is 0 Å². The number of nitrogens with one attached hydrogen (secondary N) is 2. The summed E-state index contributed by atoms with van der Waals surface area (Å²) in [6.45, 7) is 0.595. The molecular formula is C16H16FN3O. The van der Waals surface area contributed by atoms with Gasteiger partial charge in [-0.05, 0) is 29.9 Å². The molecule has 1 aliphatic rings. The summed E-state index contributed by atoms with van der Waals surface area (Å²) in [6.07, 6.45) is 3.58. The van der Waals surface area contributed by atoms with Crippen molar-refractivity contribution < 1.29 is 9.18 Å². The molecule has 1 aromatic heterocycles. The third-order valence-corrected chi connectivity index (χ3v) is 3.70. The van der Waals surface area contributed by atoms with Crippen LogP contribution in [0.4, 0.5) is 14.9 Å². The average molecular weight is 285 g/mol. The molecule has 108 valence electrons. The minimum absolute atomic E-state index is 0.137. The van der Waals surface area contributed by atoms with Gasteiger partial charge in [0.15, 0.2) is 5.82 Å². The Morgan fingerprint density at radius 3 is 2.86 bits per heavy atom. The molecule has 0 spiro atoms. The largest absolute Gasteiger partial charge is 0.338 e. The zero-order chi connectivity index (χ0) is 14.7. The number of nitrogens with zero attached hydrogens (tertiary/aromatic N) is 1. The van der Waals surface area contributed by atoms with Crippen LogP contribution in [0.3, 0.4) is 0 Å². The monoisotopic (exact) mass is 285 g/mol. The normalized spacial score (nSPS) is 19.9. The minimum atomic E-state index is -0.541. The molecule has 4 nitrogen and oxygen atoms in total. The van der Waals surface area contributed by atoms with E-state index in [0.717, 1.165) is 12.6 Å². The van der Waals surface area contributed by atoms with Gasteiger partial charge in [-0.1, -0.05) is 30.3 Å². The van der Waals surface area contributed by atoms with E-state index in [1.54, 1.807) is 0 Å². The fraction of sp³-hybridized carbons (Fsp3) is 0.250. The number of hydrogen-bond donors (Lipinski definition) is 2. The number of aromatic nitrogens is 1. The lowest BCUT2D eigenvalue weighted by atomic mass is 10.1. The lowest BCUT2D eigenvalue weighted by Gasteiger charge is -2.08. The molecule has 1 saturated carbocycles. The third-order valence-electron chi connectivity index (χ3n) is 3.70. The van der Waals surface area contributed by atoms with Crippen LogP contribution in [-0.4, -0.2) is 17.6 Å². The molecule has 1 heterocycles. The van der Waals surface area contributed by atoms with Crippen molar-refractivity contribution in [3.8, 4) is 0 Å². The van der Waals surface area contributed by atoms with Gasteiger partial charge in [-0.3, -0.25) is 4.98 Å². The number of carbonyl (C=O) groups is 1. The highest BCUT2D eigenvalue weighted by Gasteiger charge is 2.37. The van der Waals surface area contributed by atoms with Gasteiger partial charge in [0.25, 0.3) is 0 Å². The van der Waals surface area contributed by atoms with Gasteiger partial charge < -0.3 is 10.6 Å². The first kappa shape index (κ1) is 13.5. The molecule has 0 aliphatic heterocycles. The van der Waals surface area contributed by atoms with Crippen molar-refractivity contribution in [3.05, 3.63) is 60.2 Å². The second kappa shape index (κ2) is 5.91. The highest BCUT2D eigenvalue weighted by Crippen LogP contribution is 2.46. The Morgan fingerprint density at radius 2 is 2.10 bits per heavy atom. The molecule has 3 rings (SSSR count). The highest BCUT2D eigenvalue weighted by atomic mass is 19.1. The molecule has 21 heavy (non-hydrogen) atoms. The zero-order valence-corrected chi connectivity index (χ0v) is 11.4. The summed E-state index contributed by atoms with van der Waals surface area (Å²) >= 11 is 0. The average Bonchev–Trinajstić information content (AvgIpc) is 3.28. The smallest absolute Gasteiger partial charge is 0.319 e. The fourth-order valence-electron chi connectivity index (χ4n) is 2.45. The molecule has 1 fully saturated rings. The third kappa shape index (κ3) is 3.37. The molecule has 1 aliphatic carbocycles. The van der Waals surface area contributed by atoms with Crippen LogP contribution in [0.5, 0.6) is 0 Å². The van der Waals surface area contributed by atoms with Crippen molar-refractivity contribution in [3.63, 3.8) is 0 Å². The van der Waals surface area contributed by atoms with Crippen LogP contribution in [0.2, 0.25) is 0 Å². The van der Waals surface area contributed by atoms with Crippen LogP contribution in [0.15, 0.2) is 48.8 Å². The predicted octanol–water partition coefficient (Wildman–Crippen LogP) is 3.15. The van der Waals surface area contributed by atoms with E-state index >= 15 is 0 Å². The molecular weight excluding hydrogens is 269 g/mol. The van der Waals surface area contributed by atoms with E-state index in [-0.39, 0.29) is 11.7 Å². The Bertz CT molecular complexity index is 632. The molecule has 2 aromatic rings. The SMILES string of the molecule is O=C(NC[C@@H]1C[C@@H]1c1ccccc1)Nc1ccncc1F. The van der Waals surface area contributed by atoms with Crippen LogP contribution < -0.4 is 10.6 Å². The number of pyridine rings is 1. The first-order valence-electron chi connectivity index (χ1n) is 6.93. The standard InChI is InChI=1S/C16H16FN3O/c17-14-10-18-7-6-15(14)20-16(21)19-9-12-8-13(12)11-4-2-1-3-5-11/h1-7,10,12-13H,8-9H2,(H2,18,19,20,21)/t12-,13+/m0/s1. The quantitative estimate of drug-likeness (QED) is 0.906. The number of halogens is 1. The second-order valence-corrected chi connectivity index (χ2v) is 5.20. The number of rotatable bonds is 4. The van der Waals surface area contributed by atoms with Gasteiger partial charge in [-0.25, -0.2) is 9.18 Å². The Morgan fingerprint density at radius 1 is 1.29 bits per heavy atom. The molecule has 1 aromatic carbocycles. The van der Waals surface area contributed by atoms with Gasteiger partial charge in [0.05, 0.1) is 11.9 Å². The first-order chi connectivity index (χ1) is 10.2. The Balaban J connectivity index is 1.47. The summed E-state index contributed by atoms with van der Waals surface area (Å²) in [5, 5.41) is 5.27. The molecule has 2 N–H and O–H groups in total. The first-order valence-corrected chi connectivity index (χ1v) is 6.93. The van der Waals surface area contributed by atoms with Crippen LogP contribution in [0.25, 0.3) is 0 Å². The summed E-state index contributed by atoms with van der Waals surface area (Å²) in [5.74, 6) is 0.436. The molecule has 2 amide bonds. The zero-order valence-electron chi connectivity index (χ0n) is 11.4. The van der Waals surface area contributed by atoms with E-state index in [9.17, 15) is 9.18 Å². The van der Waals surface area contributed by atoms with Crippen LogP contribution >= 0.6 is 0 Å². The number of carbonyl (C=O) groups excluding carboxylic acids is 1. The van der Waals surface area contributed by atoms with Crippen LogP contribution in [0, 0.1) is 11.7 Å². The summed E-state index contributed by atoms with van der Waals surface area (Å²) in [6, 6.07) is 11.3. The van der Waals surface area contributed by atoms with Crippen molar-refractivity contribution in [2.24, 2.45) is 5.92 Å². The lowest BCUT2D eigenvalue weighted by molar-refractivity contribution is 0.251. The van der Waals surface area contributed by atoms with E-state index in [2.05, 4.69) is 27.8 Å². The van der Waals surface area contributed by atoms with E-state index < -0.39 is 5.82 Å². The van der Waals surface area contributed by atoms with E-state index in [1.165, 1.54) is 17.8 Å². The topological polar surface area (TPSA) is 54.0 Å². The Labute approximate surface area is 122 Å². The maximum atomic E-state index is 13.3. The maximum absolute atomic E-state index is 13.3. The second-order valence-electron chi connectivity index (χ2n) is 5.20. The van der Waals surface area contributed by atoms with Crippen molar-refractivity contribution >= 4 is 11.7 Å². The summed E-state index contributed by atoms with van der Waals surface area (Å²) in [4.78, 5) is 15.4. The van der Waals surface area contributed by atoms with Crippen molar-refractivity contribution in [1.82, 2.24) is 10.3 Å². The van der Waals surface area contributed by atoms with Gasteiger partial charge in [0, 0.05) is 12.7 Å². The molecule has 2 atom stereocenters. The lowest BCUT2D eigenvalue weighted by Crippen LogP contribution is -2.31. The van der Waals surface area contributed by atoms with Crippen LogP contribution in [0.1, 0.15) is 17.9 Å². The van der Waals surface area contributed by atoms with Crippen molar-refractivity contribution in [1.29, 1.82) is 0 Å². The van der Waals surface area contributed by atoms with Crippen molar-refractivity contribution in [2.45, 2.75) is 12.3 Å². The van der Waals surface area contributed by atoms with Gasteiger partial charge in [-0.15, -0.1) is 0 Å². The van der Waals surface area contributed by atoms with Crippen LogP contribution in [-0.2, 0) is 0 Å². The van der Waals surface area contributed by atoms with Gasteiger partial charge in [0.2, 0.25) is 0 Å². The number of amides is 2. The highest BCUT2D eigenvalue weighted by molar-refractivity contribution is 5.89. The van der Waals surface area contributed by atoms with E-state index in [1.807, 2.05) is 18.2 Å². The van der Waals surface area contributed by atoms with E-state index in [4.69, 9.17) is 0 Å². The van der Waals surface area contributed by atoms with Gasteiger partial charge in [0.1, 0.15) is 0 Å². The minimum Gasteiger partial charge on any atom is -0.338 e. The molecule has 0 unspecified atom stereocenters. The fourth-order valence-corrected chi connectivity index (χ4v) is 2.45. The number of anilines is 1. The molecule has 0 saturated heterocycles. The Kier molecular flexibility index (Phi) is 3.81. The van der Waals surface area contributed by atoms with Crippen molar-refractivity contribution in [2.75, 3.05) is 11.9 Å². The maximum Gasteiger partial charge on any atom is 0.319 e. The number of urea groups is 1. The molecule has 0 radical (unpaired) electrons. The summed E-state index contributed by atoms with van der Waals surface area (Å²) in [5.41, 5.74) is 1.45. The summed E-state index contributed by atoms with van der Waals surface area (Å²) < 4.78 is 13.3. The van der Waals surface area contributed by atoms with E-state index in [0.29, 0.717) is 18.4 Å². The number of hydrogen-bond acceptors (Lipinski definition) is 2. The van der Waals surface area contributed by atoms with Gasteiger partial charge >= 0.3 is 6.03 Å².